The fourth-order valence-corrected chi connectivity index (χ4v) is 2.63. The molecule has 0 fully saturated rings. The summed E-state index contributed by atoms with van der Waals surface area (Å²) in [6.07, 6.45) is 0.891. The average molecular weight is 325 g/mol. The Morgan fingerprint density at radius 1 is 1.08 bits per heavy atom. The third-order valence-electron chi connectivity index (χ3n) is 4.07. The minimum atomic E-state index is 0.312. The molecule has 0 radical (unpaired) electrons. The Morgan fingerprint density at radius 3 is 2.75 bits per heavy atom. The van der Waals surface area contributed by atoms with E-state index in [-0.39, 0.29) is 0 Å². The van der Waals surface area contributed by atoms with Crippen molar-refractivity contribution in [2.24, 2.45) is 4.99 Å². The molecule has 1 aliphatic heterocycles. The van der Waals surface area contributed by atoms with E-state index in [9.17, 15) is 0 Å². The highest BCUT2D eigenvalue weighted by molar-refractivity contribution is 5.79. The highest BCUT2D eigenvalue weighted by atomic mass is 16.7. The number of hydrogen-bond acceptors (Lipinski definition) is 3. The molecule has 1 aliphatic rings. The lowest BCUT2D eigenvalue weighted by atomic mass is 10.1. The number of guanidine groups is 1. The fourth-order valence-electron chi connectivity index (χ4n) is 2.63. The molecule has 126 valence electrons. The van der Waals surface area contributed by atoms with Crippen LogP contribution in [-0.4, -0.2) is 26.3 Å². The number of rotatable bonds is 5. The molecule has 0 saturated carbocycles. The van der Waals surface area contributed by atoms with Gasteiger partial charge in [0, 0.05) is 20.1 Å². The van der Waals surface area contributed by atoms with Gasteiger partial charge in [0.2, 0.25) is 6.79 Å². The van der Waals surface area contributed by atoms with Gasteiger partial charge in [-0.2, -0.15) is 0 Å². The number of nitrogens with one attached hydrogen (secondary N) is 2. The van der Waals surface area contributed by atoms with E-state index >= 15 is 0 Å². The predicted molar refractivity (Wildman–Crippen MR) is 95.6 cm³/mol. The molecule has 0 amide bonds. The molecule has 0 aromatic heterocycles. The van der Waals surface area contributed by atoms with Crippen molar-refractivity contribution in [2.45, 2.75) is 19.9 Å². The van der Waals surface area contributed by atoms with Crippen molar-refractivity contribution in [3.05, 3.63) is 59.2 Å². The van der Waals surface area contributed by atoms with Crippen LogP contribution in [0.3, 0.4) is 0 Å². The average Bonchev–Trinajstić information content (AvgIpc) is 3.07. The Kier molecular flexibility index (Phi) is 5.21. The lowest BCUT2D eigenvalue weighted by molar-refractivity contribution is 0.174. The lowest BCUT2D eigenvalue weighted by Crippen LogP contribution is -2.38. The standard InChI is InChI=1S/C19H23N3O2/c1-14-5-3-4-6-16(14)12-22-19(20-2)21-10-9-15-7-8-17-18(11-15)24-13-23-17/h3-8,11H,9-10,12-13H2,1-2H3,(H2,20,21,22). The maximum atomic E-state index is 5.41. The normalized spacial score (nSPS) is 13.0. The van der Waals surface area contributed by atoms with Crippen LogP contribution in [0.5, 0.6) is 11.5 Å². The Hall–Kier alpha value is -2.69. The van der Waals surface area contributed by atoms with Crippen molar-refractivity contribution in [3.63, 3.8) is 0 Å². The molecule has 0 saturated heterocycles. The zero-order chi connectivity index (χ0) is 16.8. The zero-order valence-corrected chi connectivity index (χ0v) is 14.1. The molecular formula is C19H23N3O2. The van der Waals surface area contributed by atoms with Crippen LogP contribution in [0.25, 0.3) is 0 Å². The summed E-state index contributed by atoms with van der Waals surface area (Å²) in [5.41, 5.74) is 3.76. The fraction of sp³-hybridized carbons (Fsp3) is 0.316. The van der Waals surface area contributed by atoms with Crippen LogP contribution in [0.1, 0.15) is 16.7 Å². The number of nitrogens with zero attached hydrogens (tertiary/aromatic N) is 1. The first-order valence-corrected chi connectivity index (χ1v) is 8.14. The molecule has 3 rings (SSSR count). The topological polar surface area (TPSA) is 54.9 Å². The monoisotopic (exact) mass is 325 g/mol. The van der Waals surface area contributed by atoms with E-state index < -0.39 is 0 Å². The Morgan fingerprint density at radius 2 is 1.92 bits per heavy atom. The van der Waals surface area contributed by atoms with Gasteiger partial charge in [-0.05, 0) is 42.2 Å². The summed E-state index contributed by atoms with van der Waals surface area (Å²) >= 11 is 0. The molecule has 0 atom stereocenters. The minimum absolute atomic E-state index is 0.312. The highest BCUT2D eigenvalue weighted by Gasteiger charge is 2.12. The largest absolute Gasteiger partial charge is 0.454 e. The van der Waals surface area contributed by atoms with Crippen molar-refractivity contribution < 1.29 is 9.47 Å². The van der Waals surface area contributed by atoms with E-state index in [1.54, 1.807) is 7.05 Å². The van der Waals surface area contributed by atoms with Crippen LogP contribution >= 0.6 is 0 Å². The van der Waals surface area contributed by atoms with E-state index in [1.807, 2.05) is 12.1 Å². The molecule has 5 nitrogen and oxygen atoms in total. The van der Waals surface area contributed by atoms with Gasteiger partial charge in [0.25, 0.3) is 0 Å². The summed E-state index contributed by atoms with van der Waals surface area (Å²) in [6.45, 7) is 3.99. The number of ether oxygens (including phenoxy) is 2. The van der Waals surface area contributed by atoms with Gasteiger partial charge < -0.3 is 20.1 Å². The lowest BCUT2D eigenvalue weighted by Gasteiger charge is -2.13. The van der Waals surface area contributed by atoms with Crippen LogP contribution < -0.4 is 20.1 Å². The van der Waals surface area contributed by atoms with Gasteiger partial charge in [-0.15, -0.1) is 0 Å². The molecule has 0 bridgehead atoms. The van der Waals surface area contributed by atoms with Gasteiger partial charge in [0.15, 0.2) is 17.5 Å². The first-order chi connectivity index (χ1) is 11.8. The first kappa shape index (κ1) is 16.2. The third-order valence-corrected chi connectivity index (χ3v) is 4.07. The number of aliphatic imine (C=N–C) groups is 1. The van der Waals surface area contributed by atoms with Gasteiger partial charge in [-0.25, -0.2) is 0 Å². The maximum absolute atomic E-state index is 5.41. The summed E-state index contributed by atoms with van der Waals surface area (Å²) in [6, 6.07) is 14.4. The summed E-state index contributed by atoms with van der Waals surface area (Å²) in [5, 5.41) is 6.69. The van der Waals surface area contributed by atoms with Crippen molar-refractivity contribution >= 4 is 5.96 Å². The summed E-state index contributed by atoms with van der Waals surface area (Å²) < 4.78 is 10.7. The highest BCUT2D eigenvalue weighted by Crippen LogP contribution is 2.32. The quantitative estimate of drug-likeness (QED) is 0.655. The van der Waals surface area contributed by atoms with Crippen molar-refractivity contribution in [1.29, 1.82) is 0 Å². The van der Waals surface area contributed by atoms with Gasteiger partial charge in [-0.1, -0.05) is 30.3 Å². The van der Waals surface area contributed by atoms with E-state index in [0.29, 0.717) is 6.79 Å². The molecule has 2 aromatic rings. The van der Waals surface area contributed by atoms with Crippen molar-refractivity contribution in [3.8, 4) is 11.5 Å². The second-order valence-corrected chi connectivity index (χ2v) is 5.72. The molecule has 24 heavy (non-hydrogen) atoms. The van der Waals surface area contributed by atoms with Gasteiger partial charge >= 0.3 is 0 Å². The Bertz CT molecular complexity index is 728. The van der Waals surface area contributed by atoms with E-state index in [1.165, 1.54) is 16.7 Å². The molecule has 2 aromatic carbocycles. The van der Waals surface area contributed by atoms with Crippen LogP contribution in [0.4, 0.5) is 0 Å². The molecule has 0 unspecified atom stereocenters. The number of fused-ring (bicyclic) bond motifs is 1. The summed E-state index contributed by atoms with van der Waals surface area (Å²) in [4.78, 5) is 4.27. The predicted octanol–water partition coefficient (Wildman–Crippen LogP) is 2.63. The van der Waals surface area contributed by atoms with Gasteiger partial charge in [-0.3, -0.25) is 4.99 Å². The first-order valence-electron chi connectivity index (χ1n) is 8.14. The second-order valence-electron chi connectivity index (χ2n) is 5.72. The third kappa shape index (κ3) is 3.98. The zero-order valence-electron chi connectivity index (χ0n) is 14.1. The van der Waals surface area contributed by atoms with E-state index in [2.05, 4.69) is 52.9 Å². The number of aryl methyl sites for hydroxylation is 1. The van der Waals surface area contributed by atoms with E-state index in [4.69, 9.17) is 9.47 Å². The van der Waals surface area contributed by atoms with E-state index in [0.717, 1.165) is 37.0 Å². The second kappa shape index (κ2) is 7.73. The van der Waals surface area contributed by atoms with Crippen LogP contribution in [0, 0.1) is 6.92 Å². The summed E-state index contributed by atoms with van der Waals surface area (Å²) in [7, 11) is 1.79. The summed E-state index contributed by atoms with van der Waals surface area (Å²) in [5.74, 6) is 2.45. The number of hydrogen-bond donors (Lipinski definition) is 2. The van der Waals surface area contributed by atoms with Crippen LogP contribution in [0.15, 0.2) is 47.5 Å². The molecule has 0 spiro atoms. The Labute approximate surface area is 142 Å². The number of benzene rings is 2. The molecular weight excluding hydrogens is 302 g/mol. The molecule has 1 heterocycles. The molecule has 0 aliphatic carbocycles. The molecule has 2 N–H and O–H groups in total. The SMILES string of the molecule is CN=C(NCCc1ccc2c(c1)OCO2)NCc1ccccc1C. The van der Waals surface area contributed by atoms with Crippen LogP contribution in [-0.2, 0) is 13.0 Å². The van der Waals surface area contributed by atoms with Gasteiger partial charge in [0.05, 0.1) is 0 Å². The molecule has 5 heteroatoms. The van der Waals surface area contributed by atoms with Crippen molar-refractivity contribution in [1.82, 2.24) is 10.6 Å². The minimum Gasteiger partial charge on any atom is -0.454 e. The van der Waals surface area contributed by atoms with Crippen LogP contribution in [0.2, 0.25) is 0 Å². The smallest absolute Gasteiger partial charge is 0.231 e. The van der Waals surface area contributed by atoms with Crippen molar-refractivity contribution in [2.75, 3.05) is 20.4 Å². The Balaban J connectivity index is 1.47. The van der Waals surface area contributed by atoms with Gasteiger partial charge in [0.1, 0.15) is 0 Å². The maximum Gasteiger partial charge on any atom is 0.231 e.